The maximum atomic E-state index is 12.5. The van der Waals surface area contributed by atoms with Crippen LogP contribution in [0, 0.1) is 0 Å². The third kappa shape index (κ3) is 2.69. The van der Waals surface area contributed by atoms with E-state index in [1.165, 1.54) is 0 Å². The summed E-state index contributed by atoms with van der Waals surface area (Å²) < 4.78 is 16.4. The minimum absolute atomic E-state index is 0.0584. The minimum atomic E-state index is -0.486. The number of hydrogen-bond donors (Lipinski definition) is 1. The highest BCUT2D eigenvalue weighted by molar-refractivity contribution is 5.93. The maximum Gasteiger partial charge on any atom is 0.340 e. The van der Waals surface area contributed by atoms with Crippen molar-refractivity contribution in [2.45, 2.75) is 12.8 Å². The third-order valence-corrected chi connectivity index (χ3v) is 3.94. The lowest BCUT2D eigenvalue weighted by molar-refractivity contribution is -0.139. The molecule has 1 unspecified atom stereocenters. The van der Waals surface area contributed by atoms with Gasteiger partial charge < -0.3 is 19.9 Å². The van der Waals surface area contributed by atoms with Crippen molar-refractivity contribution in [3.05, 3.63) is 71.1 Å². The molecule has 2 aromatic rings. The second kappa shape index (κ2) is 6.66. The van der Waals surface area contributed by atoms with Gasteiger partial charge in [-0.1, -0.05) is 36.4 Å². The molecule has 0 amide bonds. The summed E-state index contributed by atoms with van der Waals surface area (Å²) in [7, 11) is 1.59. The molecule has 124 valence electrons. The van der Waals surface area contributed by atoms with Gasteiger partial charge in [0.2, 0.25) is 5.88 Å². The van der Waals surface area contributed by atoms with Crippen molar-refractivity contribution in [2.75, 3.05) is 13.7 Å². The summed E-state index contributed by atoms with van der Waals surface area (Å²) in [5, 5.41) is 0. The van der Waals surface area contributed by atoms with Crippen LogP contribution in [-0.2, 0) is 9.53 Å². The molecule has 5 nitrogen and oxygen atoms in total. The van der Waals surface area contributed by atoms with Gasteiger partial charge in [0.25, 0.3) is 0 Å². The molecule has 1 atom stereocenters. The van der Waals surface area contributed by atoms with Crippen molar-refractivity contribution in [2.24, 2.45) is 5.73 Å². The van der Waals surface area contributed by atoms with E-state index < -0.39 is 11.9 Å². The first-order valence-corrected chi connectivity index (χ1v) is 7.73. The molecule has 24 heavy (non-hydrogen) atoms. The molecule has 2 N–H and O–H groups in total. The van der Waals surface area contributed by atoms with Crippen LogP contribution in [0.15, 0.2) is 60.0 Å². The summed E-state index contributed by atoms with van der Waals surface area (Å²) in [6.45, 7) is 2.01. The first kappa shape index (κ1) is 15.9. The number of carbonyl (C=O) groups excluding carboxylic acids is 1. The lowest BCUT2D eigenvalue weighted by Gasteiger charge is -2.29. The molecule has 1 heterocycles. The summed E-state index contributed by atoms with van der Waals surface area (Å²) in [5.41, 5.74) is 8.03. The fraction of sp³-hybridized carbons (Fsp3) is 0.211. The van der Waals surface area contributed by atoms with Crippen molar-refractivity contribution in [3.63, 3.8) is 0 Å². The maximum absolute atomic E-state index is 12.5. The van der Waals surface area contributed by atoms with Crippen LogP contribution in [0.25, 0.3) is 0 Å². The first-order chi connectivity index (χ1) is 11.7. The van der Waals surface area contributed by atoms with Crippen molar-refractivity contribution >= 4 is 5.97 Å². The number of carbonyl (C=O) groups is 1. The number of rotatable bonds is 4. The number of methoxy groups -OCH3 is 1. The van der Waals surface area contributed by atoms with Crippen LogP contribution >= 0.6 is 0 Å². The highest BCUT2D eigenvalue weighted by Crippen LogP contribution is 2.46. The van der Waals surface area contributed by atoms with E-state index in [9.17, 15) is 4.79 Å². The zero-order valence-corrected chi connectivity index (χ0v) is 13.6. The van der Waals surface area contributed by atoms with Gasteiger partial charge in [-0.2, -0.15) is 0 Å². The average Bonchev–Trinajstić information content (AvgIpc) is 2.60. The molecule has 2 aromatic carbocycles. The van der Waals surface area contributed by atoms with Crippen LogP contribution in [0.4, 0.5) is 0 Å². The Balaban J connectivity index is 2.23. The van der Waals surface area contributed by atoms with E-state index >= 15 is 0 Å². The van der Waals surface area contributed by atoms with Gasteiger partial charge in [-0.15, -0.1) is 0 Å². The summed E-state index contributed by atoms with van der Waals surface area (Å²) in [4.78, 5) is 12.5. The van der Waals surface area contributed by atoms with Crippen LogP contribution in [0.3, 0.4) is 0 Å². The van der Waals surface area contributed by atoms with Crippen LogP contribution in [0.2, 0.25) is 0 Å². The molecule has 0 bridgehead atoms. The lowest BCUT2D eigenvalue weighted by atomic mass is 9.82. The fourth-order valence-corrected chi connectivity index (χ4v) is 2.94. The van der Waals surface area contributed by atoms with E-state index in [1.807, 2.05) is 48.5 Å². The quantitative estimate of drug-likeness (QED) is 0.875. The second-order valence-corrected chi connectivity index (χ2v) is 5.32. The number of esters is 1. The molecule has 0 radical (unpaired) electrons. The monoisotopic (exact) mass is 325 g/mol. The second-order valence-electron chi connectivity index (χ2n) is 5.32. The van der Waals surface area contributed by atoms with Gasteiger partial charge >= 0.3 is 5.97 Å². The molecule has 1 aliphatic rings. The third-order valence-electron chi connectivity index (χ3n) is 3.94. The largest absolute Gasteiger partial charge is 0.496 e. The van der Waals surface area contributed by atoms with Gasteiger partial charge in [0.15, 0.2) is 0 Å². The molecule has 0 aliphatic carbocycles. The molecule has 0 saturated heterocycles. The Hall–Kier alpha value is -2.95. The molecule has 5 heteroatoms. The molecule has 3 rings (SSSR count). The summed E-state index contributed by atoms with van der Waals surface area (Å²) in [5.74, 6) is 0.373. The van der Waals surface area contributed by atoms with Crippen LogP contribution < -0.4 is 15.2 Å². The van der Waals surface area contributed by atoms with Gasteiger partial charge in [-0.3, -0.25) is 0 Å². The Bertz CT molecular complexity index is 783. The number of fused-ring (bicyclic) bond motifs is 1. The molecule has 0 aromatic heterocycles. The van der Waals surface area contributed by atoms with E-state index in [-0.39, 0.29) is 12.5 Å². The normalized spacial score (nSPS) is 16.2. The zero-order valence-electron chi connectivity index (χ0n) is 13.6. The standard InChI is InChI=1S/C19H19NO4/c1-3-23-19(21)17-15(12-8-5-4-6-9-12)16-13(22-2)10-7-11-14(16)24-18(17)20/h4-11,15H,3,20H2,1-2H3. The summed E-state index contributed by atoms with van der Waals surface area (Å²) >= 11 is 0. The first-order valence-electron chi connectivity index (χ1n) is 7.73. The Morgan fingerprint density at radius 1 is 1.17 bits per heavy atom. The van der Waals surface area contributed by atoms with Crippen molar-refractivity contribution < 1.29 is 19.0 Å². The van der Waals surface area contributed by atoms with Gasteiger partial charge in [0.05, 0.1) is 19.6 Å². The Kier molecular flexibility index (Phi) is 4.42. The Labute approximate surface area is 140 Å². The van der Waals surface area contributed by atoms with E-state index in [4.69, 9.17) is 19.9 Å². The zero-order chi connectivity index (χ0) is 17.1. The Morgan fingerprint density at radius 2 is 1.92 bits per heavy atom. The van der Waals surface area contributed by atoms with Crippen molar-refractivity contribution in [1.29, 1.82) is 0 Å². The smallest absolute Gasteiger partial charge is 0.340 e. The number of ether oxygens (including phenoxy) is 3. The molecular weight excluding hydrogens is 306 g/mol. The minimum Gasteiger partial charge on any atom is -0.496 e. The van der Waals surface area contributed by atoms with Gasteiger partial charge in [0, 0.05) is 5.56 Å². The molecule has 0 saturated carbocycles. The topological polar surface area (TPSA) is 70.8 Å². The molecule has 0 fully saturated rings. The van der Waals surface area contributed by atoms with E-state index in [0.29, 0.717) is 17.1 Å². The predicted molar refractivity (Wildman–Crippen MR) is 89.8 cm³/mol. The van der Waals surface area contributed by atoms with E-state index in [2.05, 4.69) is 0 Å². The summed E-state index contributed by atoms with van der Waals surface area (Å²) in [6, 6.07) is 15.1. The van der Waals surface area contributed by atoms with E-state index in [0.717, 1.165) is 11.1 Å². The van der Waals surface area contributed by atoms with Gasteiger partial charge in [-0.05, 0) is 24.6 Å². The van der Waals surface area contributed by atoms with Crippen LogP contribution in [0.1, 0.15) is 24.0 Å². The van der Waals surface area contributed by atoms with Crippen LogP contribution in [0.5, 0.6) is 11.5 Å². The highest BCUT2D eigenvalue weighted by Gasteiger charge is 2.37. The number of hydrogen-bond acceptors (Lipinski definition) is 5. The van der Waals surface area contributed by atoms with Crippen LogP contribution in [-0.4, -0.2) is 19.7 Å². The van der Waals surface area contributed by atoms with Gasteiger partial charge in [0.1, 0.15) is 17.1 Å². The van der Waals surface area contributed by atoms with E-state index in [1.54, 1.807) is 14.0 Å². The highest BCUT2D eigenvalue weighted by atomic mass is 16.5. The summed E-state index contributed by atoms with van der Waals surface area (Å²) in [6.07, 6.45) is 0. The number of benzene rings is 2. The average molecular weight is 325 g/mol. The fourth-order valence-electron chi connectivity index (χ4n) is 2.94. The van der Waals surface area contributed by atoms with Gasteiger partial charge in [-0.25, -0.2) is 4.79 Å². The molecular formula is C19H19NO4. The Morgan fingerprint density at radius 3 is 2.58 bits per heavy atom. The molecule has 0 spiro atoms. The predicted octanol–water partition coefficient (Wildman–Crippen LogP) is 2.95. The SMILES string of the molecule is CCOC(=O)C1=C(N)Oc2cccc(OC)c2C1c1ccccc1. The lowest BCUT2D eigenvalue weighted by Crippen LogP contribution is -2.27. The van der Waals surface area contributed by atoms with Crippen molar-refractivity contribution in [1.82, 2.24) is 0 Å². The number of nitrogens with two attached hydrogens (primary N) is 1. The van der Waals surface area contributed by atoms with Crippen molar-refractivity contribution in [3.8, 4) is 11.5 Å². The molecule has 1 aliphatic heterocycles.